The number of nitrogens with one attached hydrogen (secondary N) is 3. The normalized spacial score (nSPS) is 14.3. The molecule has 1 atom stereocenters. The first-order valence-corrected chi connectivity index (χ1v) is 12.5. The Labute approximate surface area is 229 Å². The van der Waals surface area contributed by atoms with Crippen LogP contribution in [0.25, 0.3) is 0 Å². The standard InChI is InChI=1S/C27H27Cl2FN4O4/c1-27(2,3)38-26(36)34-20-6-4-5-14-9-21(33-23(14)20)25(35)32-13-15-7-8-19(29)24(22(15)30)37-18-11-16(28)10-17(31)12-18/h4-8,10-12,21,33H,9,13,31H2,1-3H3,(H,32,35)(H,34,36). The second-order valence-electron chi connectivity index (χ2n) is 9.76. The average molecular weight is 561 g/mol. The minimum atomic E-state index is -0.720. The molecule has 0 saturated heterocycles. The summed E-state index contributed by atoms with van der Waals surface area (Å²) in [5.74, 6) is -1.04. The summed E-state index contributed by atoms with van der Waals surface area (Å²) in [4.78, 5) is 25.2. The van der Waals surface area contributed by atoms with E-state index >= 15 is 4.39 Å². The fourth-order valence-corrected chi connectivity index (χ4v) is 4.35. The molecule has 3 aromatic rings. The lowest BCUT2D eigenvalue weighted by atomic mass is 10.1. The molecule has 5 N–H and O–H groups in total. The third-order valence-corrected chi connectivity index (χ3v) is 6.06. The van der Waals surface area contributed by atoms with E-state index in [9.17, 15) is 9.59 Å². The van der Waals surface area contributed by atoms with Crippen LogP contribution in [0.4, 0.5) is 26.2 Å². The van der Waals surface area contributed by atoms with Crippen molar-refractivity contribution >= 4 is 52.3 Å². The highest BCUT2D eigenvalue weighted by molar-refractivity contribution is 6.32. The summed E-state index contributed by atoms with van der Waals surface area (Å²) in [5.41, 5.74) is 7.64. The molecule has 0 spiro atoms. The van der Waals surface area contributed by atoms with E-state index in [0.29, 0.717) is 28.5 Å². The van der Waals surface area contributed by atoms with E-state index in [1.807, 2.05) is 6.07 Å². The predicted molar refractivity (Wildman–Crippen MR) is 147 cm³/mol. The first-order chi connectivity index (χ1) is 17.9. The van der Waals surface area contributed by atoms with Crippen molar-refractivity contribution in [1.29, 1.82) is 0 Å². The van der Waals surface area contributed by atoms with Gasteiger partial charge in [-0.05, 0) is 50.6 Å². The maximum absolute atomic E-state index is 15.3. The molecule has 0 fully saturated rings. The Kier molecular flexibility index (Phi) is 7.89. The van der Waals surface area contributed by atoms with E-state index < -0.39 is 23.6 Å². The SMILES string of the molecule is CC(C)(C)OC(=O)Nc1cccc2c1NC(C(=O)NCc1ccc(Cl)c(Oc3cc(N)cc(Cl)c3)c1F)C2. The molecule has 0 aromatic heterocycles. The summed E-state index contributed by atoms with van der Waals surface area (Å²) in [7, 11) is 0. The molecule has 0 bridgehead atoms. The number of rotatable bonds is 6. The highest BCUT2D eigenvalue weighted by atomic mass is 35.5. The molecule has 0 radical (unpaired) electrons. The number of nitrogens with two attached hydrogens (primary N) is 1. The van der Waals surface area contributed by atoms with Crippen molar-refractivity contribution in [3.8, 4) is 11.5 Å². The minimum Gasteiger partial charge on any atom is -0.453 e. The van der Waals surface area contributed by atoms with Crippen LogP contribution in [0.3, 0.4) is 0 Å². The molecule has 1 aliphatic rings. The molecular formula is C27H27Cl2FN4O4. The highest BCUT2D eigenvalue weighted by Gasteiger charge is 2.29. The molecule has 0 saturated carbocycles. The number of amides is 2. The van der Waals surface area contributed by atoms with Crippen molar-refractivity contribution in [3.05, 3.63) is 75.5 Å². The van der Waals surface area contributed by atoms with Gasteiger partial charge in [0.05, 0.1) is 16.4 Å². The van der Waals surface area contributed by atoms with Gasteiger partial charge in [0, 0.05) is 35.3 Å². The lowest BCUT2D eigenvalue weighted by molar-refractivity contribution is -0.121. The maximum Gasteiger partial charge on any atom is 0.412 e. The fourth-order valence-electron chi connectivity index (χ4n) is 3.93. The second kappa shape index (κ2) is 11.0. The second-order valence-corrected chi connectivity index (χ2v) is 10.6. The number of benzene rings is 3. The van der Waals surface area contributed by atoms with Crippen LogP contribution in [-0.4, -0.2) is 23.6 Å². The molecule has 8 nitrogen and oxygen atoms in total. The Morgan fingerprint density at radius 2 is 1.92 bits per heavy atom. The molecule has 1 aliphatic heterocycles. The van der Waals surface area contributed by atoms with Gasteiger partial charge in [0.25, 0.3) is 0 Å². The Bertz CT molecular complexity index is 1370. The van der Waals surface area contributed by atoms with E-state index in [1.54, 1.807) is 32.9 Å². The number of nitrogen functional groups attached to an aromatic ring is 1. The quantitative estimate of drug-likeness (QED) is 0.255. The van der Waals surface area contributed by atoms with Crippen molar-refractivity contribution in [2.75, 3.05) is 16.4 Å². The summed E-state index contributed by atoms with van der Waals surface area (Å²) in [6, 6.07) is 12.2. The minimum absolute atomic E-state index is 0.0500. The van der Waals surface area contributed by atoms with E-state index in [1.165, 1.54) is 30.3 Å². The van der Waals surface area contributed by atoms with Crippen molar-refractivity contribution < 1.29 is 23.5 Å². The van der Waals surface area contributed by atoms with Crippen LogP contribution < -0.4 is 26.4 Å². The monoisotopic (exact) mass is 560 g/mol. The maximum atomic E-state index is 15.3. The number of anilines is 3. The zero-order chi connectivity index (χ0) is 27.6. The van der Waals surface area contributed by atoms with E-state index in [4.69, 9.17) is 38.4 Å². The number of halogens is 3. The van der Waals surface area contributed by atoms with Gasteiger partial charge in [0.2, 0.25) is 5.91 Å². The fraction of sp³-hybridized carbons (Fsp3) is 0.259. The van der Waals surface area contributed by atoms with Crippen LogP contribution in [0.1, 0.15) is 31.9 Å². The van der Waals surface area contributed by atoms with Crippen LogP contribution >= 0.6 is 23.2 Å². The van der Waals surface area contributed by atoms with Crippen LogP contribution in [-0.2, 0) is 22.5 Å². The van der Waals surface area contributed by atoms with Gasteiger partial charge in [-0.15, -0.1) is 0 Å². The Morgan fingerprint density at radius 1 is 1.16 bits per heavy atom. The average Bonchev–Trinajstić information content (AvgIpc) is 3.25. The van der Waals surface area contributed by atoms with Crippen molar-refractivity contribution in [1.82, 2.24) is 5.32 Å². The number of ether oxygens (including phenoxy) is 2. The Hall–Kier alpha value is -3.69. The molecule has 11 heteroatoms. The molecule has 1 unspecified atom stereocenters. The Morgan fingerprint density at radius 3 is 2.63 bits per heavy atom. The van der Waals surface area contributed by atoms with E-state index in [-0.39, 0.29) is 34.5 Å². The number of hydrogen-bond acceptors (Lipinski definition) is 6. The van der Waals surface area contributed by atoms with Gasteiger partial charge >= 0.3 is 6.09 Å². The summed E-state index contributed by atoms with van der Waals surface area (Å²) < 4.78 is 26.2. The largest absolute Gasteiger partial charge is 0.453 e. The number of carbonyl (C=O) groups excluding carboxylic acids is 2. The molecule has 3 aromatic carbocycles. The summed E-state index contributed by atoms with van der Waals surface area (Å²) >= 11 is 12.2. The zero-order valence-electron chi connectivity index (χ0n) is 21.0. The van der Waals surface area contributed by atoms with E-state index in [0.717, 1.165) is 5.56 Å². The van der Waals surface area contributed by atoms with E-state index in [2.05, 4.69) is 16.0 Å². The molecule has 38 heavy (non-hydrogen) atoms. The first kappa shape index (κ1) is 27.3. The van der Waals surface area contributed by atoms with Crippen LogP contribution in [0.15, 0.2) is 48.5 Å². The lowest BCUT2D eigenvalue weighted by Gasteiger charge is -2.20. The van der Waals surface area contributed by atoms with Gasteiger partial charge in [-0.3, -0.25) is 10.1 Å². The van der Waals surface area contributed by atoms with Gasteiger partial charge in [-0.1, -0.05) is 41.4 Å². The molecule has 0 aliphatic carbocycles. The van der Waals surface area contributed by atoms with Gasteiger partial charge in [0.1, 0.15) is 17.4 Å². The lowest BCUT2D eigenvalue weighted by Crippen LogP contribution is -2.38. The van der Waals surface area contributed by atoms with Crippen molar-refractivity contribution in [2.24, 2.45) is 0 Å². The Balaban J connectivity index is 1.42. The highest BCUT2D eigenvalue weighted by Crippen LogP contribution is 2.36. The van der Waals surface area contributed by atoms with Crippen LogP contribution in [0.5, 0.6) is 11.5 Å². The van der Waals surface area contributed by atoms with Gasteiger partial charge in [0.15, 0.2) is 11.6 Å². The van der Waals surface area contributed by atoms with Gasteiger partial charge in [-0.2, -0.15) is 0 Å². The smallest absolute Gasteiger partial charge is 0.412 e. The predicted octanol–water partition coefficient (Wildman–Crippen LogP) is 6.51. The first-order valence-electron chi connectivity index (χ1n) is 11.8. The summed E-state index contributed by atoms with van der Waals surface area (Å²) in [5, 5.41) is 8.98. The van der Waals surface area contributed by atoms with Crippen molar-refractivity contribution in [2.45, 2.75) is 45.4 Å². The number of para-hydroxylation sites is 1. The molecule has 1 heterocycles. The number of fused-ring (bicyclic) bond motifs is 1. The summed E-state index contributed by atoms with van der Waals surface area (Å²) in [6.45, 7) is 5.21. The van der Waals surface area contributed by atoms with Gasteiger partial charge in [-0.25, -0.2) is 9.18 Å². The third-order valence-electron chi connectivity index (χ3n) is 5.54. The summed E-state index contributed by atoms with van der Waals surface area (Å²) in [6.07, 6.45) is -0.212. The van der Waals surface area contributed by atoms with Crippen molar-refractivity contribution in [3.63, 3.8) is 0 Å². The third kappa shape index (κ3) is 6.59. The van der Waals surface area contributed by atoms with Crippen LogP contribution in [0, 0.1) is 5.82 Å². The molecule has 4 rings (SSSR count). The van der Waals surface area contributed by atoms with Gasteiger partial charge < -0.3 is 25.8 Å². The molecule has 2 amide bonds. The molecular weight excluding hydrogens is 534 g/mol. The van der Waals surface area contributed by atoms with Crippen LogP contribution in [0.2, 0.25) is 10.0 Å². The number of hydrogen-bond donors (Lipinski definition) is 4. The topological polar surface area (TPSA) is 115 Å². The molecule has 200 valence electrons. The number of carbonyl (C=O) groups is 2. The zero-order valence-corrected chi connectivity index (χ0v) is 22.5.